The standard InChI is InChI=1S/C14H23ClN2O/c1-4-14(5-2,18-6-3)13(17-16)11-7-9-12(15)10-8-11/h7-10,13,17H,4-6,16H2,1-3H3. The molecule has 0 aliphatic rings. The monoisotopic (exact) mass is 270 g/mol. The minimum Gasteiger partial charge on any atom is -0.373 e. The average Bonchev–Trinajstić information content (AvgIpc) is 2.40. The first-order valence-electron chi connectivity index (χ1n) is 6.49. The predicted octanol–water partition coefficient (Wildman–Crippen LogP) is 3.44. The molecule has 4 heteroatoms. The van der Waals surface area contributed by atoms with Crippen LogP contribution in [0.15, 0.2) is 24.3 Å². The van der Waals surface area contributed by atoms with Gasteiger partial charge in [0.05, 0.1) is 11.6 Å². The van der Waals surface area contributed by atoms with Gasteiger partial charge in [-0.15, -0.1) is 0 Å². The second kappa shape index (κ2) is 7.10. The van der Waals surface area contributed by atoms with Gasteiger partial charge in [-0.25, -0.2) is 0 Å². The van der Waals surface area contributed by atoms with E-state index in [0.717, 1.165) is 23.4 Å². The summed E-state index contributed by atoms with van der Waals surface area (Å²) in [5.41, 5.74) is 3.71. The molecule has 0 spiro atoms. The van der Waals surface area contributed by atoms with Crippen molar-refractivity contribution in [2.75, 3.05) is 6.61 Å². The van der Waals surface area contributed by atoms with E-state index in [1.165, 1.54) is 0 Å². The summed E-state index contributed by atoms with van der Waals surface area (Å²) in [5, 5.41) is 0.726. The lowest BCUT2D eigenvalue weighted by atomic mass is 9.84. The summed E-state index contributed by atoms with van der Waals surface area (Å²) in [6.07, 6.45) is 1.80. The van der Waals surface area contributed by atoms with E-state index in [0.29, 0.717) is 6.61 Å². The van der Waals surface area contributed by atoms with Crippen LogP contribution in [0, 0.1) is 0 Å². The summed E-state index contributed by atoms with van der Waals surface area (Å²) in [4.78, 5) is 0. The van der Waals surface area contributed by atoms with Gasteiger partial charge in [-0.05, 0) is 37.5 Å². The lowest BCUT2D eigenvalue weighted by Gasteiger charge is -2.39. The van der Waals surface area contributed by atoms with Gasteiger partial charge in [-0.2, -0.15) is 0 Å². The summed E-state index contributed by atoms with van der Waals surface area (Å²) in [7, 11) is 0. The lowest BCUT2D eigenvalue weighted by Crippen LogP contribution is -2.48. The van der Waals surface area contributed by atoms with Crippen molar-refractivity contribution in [1.29, 1.82) is 0 Å². The van der Waals surface area contributed by atoms with E-state index in [2.05, 4.69) is 19.3 Å². The van der Waals surface area contributed by atoms with Crippen molar-refractivity contribution in [1.82, 2.24) is 5.43 Å². The van der Waals surface area contributed by atoms with Crippen molar-refractivity contribution < 1.29 is 4.74 Å². The molecule has 3 nitrogen and oxygen atoms in total. The summed E-state index contributed by atoms with van der Waals surface area (Å²) >= 11 is 5.92. The Bertz CT molecular complexity index is 349. The molecule has 1 unspecified atom stereocenters. The van der Waals surface area contributed by atoms with Crippen LogP contribution in [0.4, 0.5) is 0 Å². The highest BCUT2D eigenvalue weighted by Gasteiger charge is 2.36. The van der Waals surface area contributed by atoms with Crippen LogP contribution in [0.1, 0.15) is 45.2 Å². The second-order valence-electron chi connectivity index (χ2n) is 4.36. The number of nitrogens with one attached hydrogen (secondary N) is 1. The van der Waals surface area contributed by atoms with Crippen LogP contribution >= 0.6 is 11.6 Å². The van der Waals surface area contributed by atoms with Gasteiger partial charge in [0, 0.05) is 11.6 Å². The maximum absolute atomic E-state index is 5.99. The summed E-state index contributed by atoms with van der Waals surface area (Å²) in [5.74, 6) is 5.75. The van der Waals surface area contributed by atoms with E-state index < -0.39 is 0 Å². The van der Waals surface area contributed by atoms with Crippen LogP contribution in [0.25, 0.3) is 0 Å². The summed E-state index contributed by atoms with van der Waals surface area (Å²) in [6.45, 7) is 6.93. The third-order valence-corrected chi connectivity index (χ3v) is 3.78. The van der Waals surface area contributed by atoms with Gasteiger partial charge in [0.25, 0.3) is 0 Å². The minimum atomic E-state index is -0.280. The van der Waals surface area contributed by atoms with E-state index in [-0.39, 0.29) is 11.6 Å². The van der Waals surface area contributed by atoms with Gasteiger partial charge >= 0.3 is 0 Å². The Labute approximate surface area is 115 Å². The fourth-order valence-corrected chi connectivity index (χ4v) is 2.57. The average molecular weight is 271 g/mol. The molecular weight excluding hydrogens is 248 g/mol. The third kappa shape index (κ3) is 3.23. The molecule has 1 rings (SSSR count). The highest BCUT2D eigenvalue weighted by Crippen LogP contribution is 2.35. The quantitative estimate of drug-likeness (QED) is 0.589. The molecule has 0 aliphatic carbocycles. The smallest absolute Gasteiger partial charge is 0.0883 e. The molecule has 0 bridgehead atoms. The van der Waals surface area contributed by atoms with E-state index in [4.69, 9.17) is 22.2 Å². The second-order valence-corrected chi connectivity index (χ2v) is 4.79. The molecule has 0 saturated heterocycles. The highest BCUT2D eigenvalue weighted by atomic mass is 35.5. The molecule has 1 atom stereocenters. The first-order valence-corrected chi connectivity index (χ1v) is 6.86. The van der Waals surface area contributed by atoms with Crippen molar-refractivity contribution in [3.05, 3.63) is 34.9 Å². The van der Waals surface area contributed by atoms with Gasteiger partial charge in [-0.1, -0.05) is 37.6 Å². The van der Waals surface area contributed by atoms with Crippen LogP contribution in [-0.2, 0) is 4.74 Å². The number of nitrogens with two attached hydrogens (primary N) is 1. The van der Waals surface area contributed by atoms with E-state index in [9.17, 15) is 0 Å². The van der Waals surface area contributed by atoms with Crippen molar-refractivity contribution in [3.63, 3.8) is 0 Å². The van der Waals surface area contributed by atoms with E-state index in [1.807, 2.05) is 31.2 Å². The maximum atomic E-state index is 5.99. The molecule has 18 heavy (non-hydrogen) atoms. The number of halogens is 1. The Kier molecular flexibility index (Phi) is 6.09. The Balaban J connectivity index is 3.08. The molecule has 0 aromatic heterocycles. The number of benzene rings is 1. The molecule has 0 radical (unpaired) electrons. The fraction of sp³-hybridized carbons (Fsp3) is 0.571. The molecule has 3 N–H and O–H groups in total. The van der Waals surface area contributed by atoms with Crippen LogP contribution in [0.2, 0.25) is 5.02 Å². The van der Waals surface area contributed by atoms with Crippen molar-refractivity contribution >= 4 is 11.6 Å². The summed E-state index contributed by atoms with van der Waals surface area (Å²) in [6, 6.07) is 7.70. The zero-order valence-corrected chi connectivity index (χ0v) is 12.1. The molecular formula is C14H23ClN2O. The largest absolute Gasteiger partial charge is 0.373 e. The number of hydrogen-bond donors (Lipinski definition) is 2. The van der Waals surface area contributed by atoms with Gasteiger partial charge in [0.15, 0.2) is 0 Å². The molecule has 0 saturated carbocycles. The topological polar surface area (TPSA) is 47.3 Å². The molecule has 1 aromatic carbocycles. The van der Waals surface area contributed by atoms with Gasteiger partial charge < -0.3 is 4.74 Å². The lowest BCUT2D eigenvalue weighted by molar-refractivity contribution is -0.0734. The maximum Gasteiger partial charge on any atom is 0.0883 e. The number of hydrazine groups is 1. The molecule has 0 fully saturated rings. The number of ether oxygens (including phenoxy) is 1. The Morgan fingerprint density at radius 1 is 1.22 bits per heavy atom. The first-order chi connectivity index (χ1) is 8.63. The van der Waals surface area contributed by atoms with Crippen molar-refractivity contribution in [2.45, 2.75) is 45.3 Å². The molecule has 0 amide bonds. The van der Waals surface area contributed by atoms with Crippen molar-refractivity contribution in [3.8, 4) is 0 Å². The van der Waals surface area contributed by atoms with Crippen LogP contribution in [-0.4, -0.2) is 12.2 Å². The predicted molar refractivity (Wildman–Crippen MR) is 76.5 cm³/mol. The van der Waals surface area contributed by atoms with Crippen LogP contribution in [0.3, 0.4) is 0 Å². The number of hydrogen-bond acceptors (Lipinski definition) is 3. The zero-order valence-electron chi connectivity index (χ0n) is 11.4. The Morgan fingerprint density at radius 3 is 2.17 bits per heavy atom. The molecule has 102 valence electrons. The normalized spacial score (nSPS) is 13.6. The van der Waals surface area contributed by atoms with Gasteiger partial charge in [0.2, 0.25) is 0 Å². The first kappa shape index (κ1) is 15.4. The Morgan fingerprint density at radius 2 is 1.78 bits per heavy atom. The zero-order chi connectivity index (χ0) is 13.6. The third-order valence-electron chi connectivity index (χ3n) is 3.52. The van der Waals surface area contributed by atoms with E-state index in [1.54, 1.807) is 0 Å². The van der Waals surface area contributed by atoms with Crippen molar-refractivity contribution in [2.24, 2.45) is 5.84 Å². The summed E-state index contributed by atoms with van der Waals surface area (Å²) < 4.78 is 5.99. The molecule has 1 aromatic rings. The fourth-order valence-electron chi connectivity index (χ4n) is 2.44. The molecule has 0 heterocycles. The van der Waals surface area contributed by atoms with Crippen LogP contribution < -0.4 is 11.3 Å². The van der Waals surface area contributed by atoms with Gasteiger partial charge in [-0.3, -0.25) is 11.3 Å². The van der Waals surface area contributed by atoms with Crippen LogP contribution in [0.5, 0.6) is 0 Å². The highest BCUT2D eigenvalue weighted by molar-refractivity contribution is 6.30. The SMILES string of the molecule is CCOC(CC)(CC)C(NN)c1ccc(Cl)cc1. The molecule has 0 aliphatic heterocycles. The Hall–Kier alpha value is -0.610. The minimum absolute atomic E-state index is 0.0373. The van der Waals surface area contributed by atoms with E-state index >= 15 is 0 Å². The number of rotatable bonds is 7. The van der Waals surface area contributed by atoms with Gasteiger partial charge in [0.1, 0.15) is 0 Å².